The lowest BCUT2D eigenvalue weighted by molar-refractivity contribution is -0.150. The topological polar surface area (TPSA) is 92.5 Å². The van der Waals surface area contributed by atoms with Gasteiger partial charge in [0.15, 0.2) is 0 Å². The molecule has 1 aliphatic heterocycles. The minimum atomic E-state index is -1.23. The molecule has 0 saturated heterocycles. The number of carbonyl (C=O) groups is 3. The van der Waals surface area contributed by atoms with E-state index in [1.165, 1.54) is 6.92 Å². The molecule has 0 aromatic heterocycles. The van der Waals surface area contributed by atoms with Gasteiger partial charge >= 0.3 is 0 Å². The number of halogens is 2. The first-order valence-electron chi connectivity index (χ1n) is 9.86. The van der Waals surface area contributed by atoms with E-state index in [0.29, 0.717) is 19.0 Å². The van der Waals surface area contributed by atoms with Crippen molar-refractivity contribution in [3.8, 4) is 0 Å². The first-order chi connectivity index (χ1) is 14.8. The third-order valence-corrected chi connectivity index (χ3v) is 4.92. The molecule has 162 valence electrons. The summed E-state index contributed by atoms with van der Waals surface area (Å²) >= 11 is 0. The minimum absolute atomic E-state index is 0.0475. The molecular weight excluding hydrogens is 404 g/mol. The summed E-state index contributed by atoms with van der Waals surface area (Å²) in [6, 6.07) is 9.70. The molecule has 0 saturated carbocycles. The van der Waals surface area contributed by atoms with Crippen molar-refractivity contribution in [1.82, 2.24) is 10.2 Å². The van der Waals surface area contributed by atoms with Gasteiger partial charge in [0, 0.05) is 12.6 Å². The molecule has 3 rings (SSSR count). The third kappa shape index (κ3) is 5.40. The van der Waals surface area contributed by atoms with Crippen molar-refractivity contribution in [3.05, 3.63) is 77.4 Å². The highest BCUT2D eigenvalue weighted by atomic mass is 19.1. The Balaban J connectivity index is 2.00. The molecule has 2 aromatic carbocycles. The Labute approximate surface area is 178 Å². The van der Waals surface area contributed by atoms with Crippen molar-refractivity contribution in [3.63, 3.8) is 0 Å². The van der Waals surface area contributed by atoms with E-state index in [1.54, 1.807) is 6.08 Å². The Morgan fingerprint density at radius 2 is 1.81 bits per heavy atom. The van der Waals surface area contributed by atoms with Crippen molar-refractivity contribution >= 4 is 23.3 Å². The fourth-order valence-corrected chi connectivity index (χ4v) is 3.47. The van der Waals surface area contributed by atoms with Gasteiger partial charge in [0.05, 0.1) is 12.5 Å². The van der Waals surface area contributed by atoms with Crippen molar-refractivity contribution in [2.45, 2.75) is 31.8 Å². The maximum absolute atomic E-state index is 13.6. The summed E-state index contributed by atoms with van der Waals surface area (Å²) in [7, 11) is 0. The molecule has 0 spiro atoms. The number of benzene rings is 2. The standard InChI is InChI=1S/C23H23F2N3O3/c1-14(26)23(31)28(21(29)11-15-9-18(24)13-19(25)10-15)20-12-17(7-8-27-22(20)30)16-5-3-2-4-6-16/h2-6,9-10,12-14,20H,7-8,11,26H2,1H3,(H,27,30)/t14-,20-/m0/s1. The van der Waals surface area contributed by atoms with E-state index in [1.807, 2.05) is 30.3 Å². The van der Waals surface area contributed by atoms with Crippen LogP contribution in [0, 0.1) is 11.6 Å². The fraction of sp³-hybridized carbons (Fsp3) is 0.261. The van der Waals surface area contributed by atoms with E-state index in [9.17, 15) is 23.2 Å². The Morgan fingerprint density at radius 1 is 1.16 bits per heavy atom. The van der Waals surface area contributed by atoms with Gasteiger partial charge in [-0.25, -0.2) is 8.78 Å². The maximum atomic E-state index is 13.6. The van der Waals surface area contributed by atoms with Crippen LogP contribution in [0.25, 0.3) is 5.57 Å². The lowest BCUT2D eigenvalue weighted by atomic mass is 10.00. The summed E-state index contributed by atoms with van der Waals surface area (Å²) in [6.07, 6.45) is 1.61. The van der Waals surface area contributed by atoms with Gasteiger partial charge in [0.25, 0.3) is 0 Å². The van der Waals surface area contributed by atoms with E-state index in [2.05, 4.69) is 5.32 Å². The number of amides is 3. The molecule has 0 unspecified atom stereocenters. The van der Waals surface area contributed by atoms with Crippen LogP contribution in [0.15, 0.2) is 54.6 Å². The zero-order valence-electron chi connectivity index (χ0n) is 17.0. The van der Waals surface area contributed by atoms with E-state index in [-0.39, 0.29) is 5.56 Å². The average molecular weight is 427 g/mol. The smallest absolute Gasteiger partial charge is 0.247 e. The number of rotatable bonds is 5. The molecule has 1 heterocycles. The Bertz CT molecular complexity index is 1000. The number of nitrogens with one attached hydrogen (secondary N) is 1. The predicted octanol–water partition coefficient (Wildman–Crippen LogP) is 2.18. The molecule has 8 heteroatoms. The molecule has 6 nitrogen and oxygen atoms in total. The Morgan fingerprint density at radius 3 is 2.42 bits per heavy atom. The monoisotopic (exact) mass is 427 g/mol. The van der Waals surface area contributed by atoms with Gasteiger partial charge in [-0.2, -0.15) is 0 Å². The molecule has 31 heavy (non-hydrogen) atoms. The minimum Gasteiger partial charge on any atom is -0.354 e. The number of hydrogen-bond acceptors (Lipinski definition) is 4. The van der Waals surface area contributed by atoms with Crippen LogP contribution >= 0.6 is 0 Å². The molecule has 2 aromatic rings. The molecule has 3 amide bonds. The van der Waals surface area contributed by atoms with Gasteiger partial charge in [0.2, 0.25) is 17.7 Å². The largest absolute Gasteiger partial charge is 0.354 e. The lowest BCUT2D eigenvalue weighted by Crippen LogP contribution is -2.55. The normalized spacial score (nSPS) is 17.2. The highest BCUT2D eigenvalue weighted by Gasteiger charge is 2.36. The summed E-state index contributed by atoms with van der Waals surface area (Å²) in [6.45, 7) is 1.74. The quantitative estimate of drug-likeness (QED) is 0.765. The second-order valence-corrected chi connectivity index (χ2v) is 7.39. The van der Waals surface area contributed by atoms with Crippen molar-refractivity contribution in [2.75, 3.05) is 6.54 Å². The van der Waals surface area contributed by atoms with Gasteiger partial charge in [0.1, 0.15) is 17.7 Å². The van der Waals surface area contributed by atoms with Crippen LogP contribution in [0.1, 0.15) is 24.5 Å². The van der Waals surface area contributed by atoms with Crippen LogP contribution in [0.5, 0.6) is 0 Å². The molecule has 0 fully saturated rings. The number of nitrogens with two attached hydrogens (primary N) is 1. The van der Waals surface area contributed by atoms with Gasteiger partial charge in [-0.05, 0) is 48.3 Å². The number of carbonyl (C=O) groups excluding carboxylic acids is 3. The van der Waals surface area contributed by atoms with E-state index in [0.717, 1.165) is 28.2 Å². The molecule has 0 radical (unpaired) electrons. The third-order valence-electron chi connectivity index (χ3n) is 4.92. The summed E-state index contributed by atoms with van der Waals surface area (Å²) < 4.78 is 27.1. The highest BCUT2D eigenvalue weighted by Crippen LogP contribution is 2.23. The summed E-state index contributed by atoms with van der Waals surface area (Å²) in [5.74, 6) is -3.75. The zero-order valence-corrected chi connectivity index (χ0v) is 17.0. The van der Waals surface area contributed by atoms with Crippen molar-refractivity contribution in [1.29, 1.82) is 0 Å². The number of nitrogens with zero attached hydrogens (tertiary/aromatic N) is 1. The van der Waals surface area contributed by atoms with Crippen LogP contribution in [0.2, 0.25) is 0 Å². The first-order valence-corrected chi connectivity index (χ1v) is 9.86. The second kappa shape index (κ2) is 9.61. The summed E-state index contributed by atoms with van der Waals surface area (Å²) in [5.41, 5.74) is 7.43. The predicted molar refractivity (Wildman–Crippen MR) is 111 cm³/mol. The number of hydrogen-bond donors (Lipinski definition) is 2. The molecule has 3 N–H and O–H groups in total. The van der Waals surface area contributed by atoms with Gasteiger partial charge in [-0.15, -0.1) is 0 Å². The van der Waals surface area contributed by atoms with Gasteiger partial charge < -0.3 is 11.1 Å². The second-order valence-electron chi connectivity index (χ2n) is 7.39. The summed E-state index contributed by atoms with van der Waals surface area (Å²) in [5, 5.41) is 2.71. The van der Waals surface area contributed by atoms with Crippen LogP contribution in [0.4, 0.5) is 8.78 Å². The maximum Gasteiger partial charge on any atom is 0.247 e. The number of imide groups is 1. The molecular formula is C23H23F2N3O3. The Hall–Kier alpha value is -3.39. The lowest BCUT2D eigenvalue weighted by Gasteiger charge is -2.28. The zero-order chi connectivity index (χ0) is 22.5. The van der Waals surface area contributed by atoms with Crippen LogP contribution in [-0.4, -0.2) is 41.2 Å². The van der Waals surface area contributed by atoms with E-state index < -0.39 is 47.9 Å². The fourth-order valence-electron chi connectivity index (χ4n) is 3.47. The average Bonchev–Trinajstić information content (AvgIpc) is 2.90. The van der Waals surface area contributed by atoms with E-state index in [4.69, 9.17) is 5.73 Å². The Kier molecular flexibility index (Phi) is 6.91. The first kappa shape index (κ1) is 22.3. The van der Waals surface area contributed by atoms with Crippen molar-refractivity contribution in [2.24, 2.45) is 5.73 Å². The van der Waals surface area contributed by atoms with Crippen LogP contribution < -0.4 is 11.1 Å². The van der Waals surface area contributed by atoms with Crippen LogP contribution in [-0.2, 0) is 20.8 Å². The van der Waals surface area contributed by atoms with E-state index >= 15 is 0 Å². The highest BCUT2D eigenvalue weighted by molar-refractivity contribution is 6.04. The van der Waals surface area contributed by atoms with Gasteiger partial charge in [-0.1, -0.05) is 30.3 Å². The molecule has 1 aliphatic rings. The molecule has 0 bridgehead atoms. The van der Waals surface area contributed by atoms with Crippen molar-refractivity contribution < 1.29 is 23.2 Å². The van der Waals surface area contributed by atoms with Crippen LogP contribution in [0.3, 0.4) is 0 Å². The van der Waals surface area contributed by atoms with Gasteiger partial charge in [-0.3, -0.25) is 19.3 Å². The SMILES string of the molecule is C[C@H](N)C(=O)N(C(=O)Cc1cc(F)cc(F)c1)[C@H]1C=C(c2ccccc2)CCNC1=O. The summed E-state index contributed by atoms with van der Waals surface area (Å²) in [4.78, 5) is 39.5. The molecule has 2 atom stereocenters. The molecule has 0 aliphatic carbocycles.